The standard InChI is InChI=1S/C15H23NO4/c1-10(13-7-11(18-4)5-6-14(13)17)16-8-12-9-19-15(2,3)20-12/h5-7,10,12,16-17H,8-9H2,1-4H3. The third kappa shape index (κ3) is 3.62. The van der Waals surface area contributed by atoms with Gasteiger partial charge in [0.15, 0.2) is 5.79 Å². The van der Waals surface area contributed by atoms with E-state index in [0.717, 1.165) is 11.3 Å². The number of hydrogen-bond donors (Lipinski definition) is 2. The molecule has 1 fully saturated rings. The van der Waals surface area contributed by atoms with Crippen LogP contribution in [0.3, 0.4) is 0 Å². The van der Waals surface area contributed by atoms with Crippen LogP contribution in [-0.4, -0.2) is 37.3 Å². The fraction of sp³-hybridized carbons (Fsp3) is 0.600. The van der Waals surface area contributed by atoms with Crippen molar-refractivity contribution in [3.8, 4) is 11.5 Å². The zero-order valence-corrected chi connectivity index (χ0v) is 12.5. The van der Waals surface area contributed by atoms with E-state index in [0.29, 0.717) is 13.2 Å². The lowest BCUT2D eigenvalue weighted by Crippen LogP contribution is -2.32. The molecule has 112 valence electrons. The maximum atomic E-state index is 9.92. The molecule has 0 aromatic heterocycles. The Kier molecular flexibility index (Phi) is 4.52. The monoisotopic (exact) mass is 281 g/mol. The minimum absolute atomic E-state index is 0.00240. The topological polar surface area (TPSA) is 60.0 Å². The Balaban J connectivity index is 1.93. The summed E-state index contributed by atoms with van der Waals surface area (Å²) in [4.78, 5) is 0. The quantitative estimate of drug-likeness (QED) is 0.866. The van der Waals surface area contributed by atoms with Gasteiger partial charge in [-0.1, -0.05) is 0 Å². The SMILES string of the molecule is COc1ccc(O)c(C(C)NCC2COC(C)(C)O2)c1. The normalized spacial score (nSPS) is 22.7. The largest absolute Gasteiger partial charge is 0.508 e. The fourth-order valence-corrected chi connectivity index (χ4v) is 2.29. The summed E-state index contributed by atoms with van der Waals surface area (Å²) in [6, 6.07) is 5.22. The number of rotatable bonds is 5. The smallest absolute Gasteiger partial charge is 0.163 e. The van der Waals surface area contributed by atoms with Crippen LogP contribution in [0.2, 0.25) is 0 Å². The van der Waals surface area contributed by atoms with Gasteiger partial charge in [0.05, 0.1) is 19.8 Å². The molecule has 0 radical (unpaired) electrons. The van der Waals surface area contributed by atoms with Crippen molar-refractivity contribution in [3.05, 3.63) is 23.8 Å². The second kappa shape index (κ2) is 5.99. The lowest BCUT2D eigenvalue weighted by atomic mass is 10.1. The first-order valence-electron chi connectivity index (χ1n) is 6.83. The molecule has 0 amide bonds. The molecule has 0 aliphatic carbocycles. The van der Waals surface area contributed by atoms with Crippen LogP contribution in [0.15, 0.2) is 18.2 Å². The molecule has 1 aliphatic heterocycles. The van der Waals surface area contributed by atoms with E-state index < -0.39 is 5.79 Å². The Morgan fingerprint density at radius 3 is 2.85 bits per heavy atom. The maximum absolute atomic E-state index is 9.92. The summed E-state index contributed by atoms with van der Waals surface area (Å²) >= 11 is 0. The predicted molar refractivity (Wildman–Crippen MR) is 76.0 cm³/mol. The predicted octanol–water partition coefficient (Wildman–Crippen LogP) is 2.20. The van der Waals surface area contributed by atoms with Gasteiger partial charge in [0.1, 0.15) is 11.5 Å². The Hall–Kier alpha value is -1.30. The zero-order valence-electron chi connectivity index (χ0n) is 12.5. The molecule has 0 spiro atoms. The van der Waals surface area contributed by atoms with Gasteiger partial charge in [0.2, 0.25) is 0 Å². The highest BCUT2D eigenvalue weighted by molar-refractivity contribution is 5.41. The van der Waals surface area contributed by atoms with Crippen LogP contribution in [0.5, 0.6) is 11.5 Å². The highest BCUT2D eigenvalue weighted by Gasteiger charge is 2.32. The molecule has 1 saturated heterocycles. The summed E-state index contributed by atoms with van der Waals surface area (Å²) < 4.78 is 16.4. The van der Waals surface area contributed by atoms with Crippen LogP contribution in [-0.2, 0) is 9.47 Å². The van der Waals surface area contributed by atoms with Gasteiger partial charge < -0.3 is 24.6 Å². The number of ether oxygens (including phenoxy) is 3. The van der Waals surface area contributed by atoms with Gasteiger partial charge in [0.25, 0.3) is 0 Å². The van der Waals surface area contributed by atoms with Crippen molar-refractivity contribution in [1.82, 2.24) is 5.32 Å². The van der Waals surface area contributed by atoms with Gasteiger partial charge in [-0.3, -0.25) is 0 Å². The van der Waals surface area contributed by atoms with Crippen LogP contribution in [0.25, 0.3) is 0 Å². The molecule has 1 aromatic rings. The first-order chi connectivity index (χ1) is 9.41. The summed E-state index contributed by atoms with van der Waals surface area (Å²) in [5.41, 5.74) is 0.808. The van der Waals surface area contributed by atoms with Crippen molar-refractivity contribution >= 4 is 0 Å². The summed E-state index contributed by atoms with van der Waals surface area (Å²) in [5.74, 6) is 0.482. The molecule has 5 heteroatoms. The Labute approximate surface area is 119 Å². The van der Waals surface area contributed by atoms with E-state index in [2.05, 4.69) is 5.32 Å². The van der Waals surface area contributed by atoms with Gasteiger partial charge in [-0.05, 0) is 39.0 Å². The third-order valence-electron chi connectivity index (χ3n) is 3.42. The van der Waals surface area contributed by atoms with Gasteiger partial charge >= 0.3 is 0 Å². The summed E-state index contributed by atoms with van der Waals surface area (Å²) in [6.45, 7) is 7.06. The molecule has 1 aliphatic rings. The molecular formula is C15H23NO4. The van der Waals surface area contributed by atoms with Crippen LogP contribution in [0, 0.1) is 0 Å². The number of aromatic hydroxyl groups is 1. The molecule has 20 heavy (non-hydrogen) atoms. The van der Waals surface area contributed by atoms with Crippen molar-refractivity contribution in [1.29, 1.82) is 0 Å². The molecule has 2 atom stereocenters. The molecule has 1 aromatic carbocycles. The Morgan fingerprint density at radius 1 is 1.50 bits per heavy atom. The van der Waals surface area contributed by atoms with E-state index in [4.69, 9.17) is 14.2 Å². The summed E-state index contributed by atoms with van der Waals surface area (Å²) in [6.07, 6.45) is 0.0280. The van der Waals surface area contributed by atoms with Crippen molar-refractivity contribution < 1.29 is 19.3 Å². The highest BCUT2D eigenvalue weighted by Crippen LogP contribution is 2.28. The minimum atomic E-state index is -0.506. The summed E-state index contributed by atoms with van der Waals surface area (Å²) in [7, 11) is 1.61. The van der Waals surface area contributed by atoms with Crippen LogP contribution in [0.4, 0.5) is 0 Å². The van der Waals surface area contributed by atoms with Crippen LogP contribution in [0.1, 0.15) is 32.4 Å². The average Bonchev–Trinajstić information content (AvgIpc) is 2.76. The third-order valence-corrected chi connectivity index (χ3v) is 3.42. The number of phenols is 1. The number of hydrogen-bond acceptors (Lipinski definition) is 5. The van der Waals surface area contributed by atoms with Gasteiger partial charge in [0, 0.05) is 18.2 Å². The second-order valence-electron chi connectivity index (χ2n) is 5.51. The molecular weight excluding hydrogens is 258 g/mol. The molecule has 0 saturated carbocycles. The van der Waals surface area contributed by atoms with E-state index in [1.54, 1.807) is 19.2 Å². The summed E-state index contributed by atoms with van der Waals surface area (Å²) in [5, 5.41) is 13.3. The van der Waals surface area contributed by atoms with Gasteiger partial charge in [-0.2, -0.15) is 0 Å². The first-order valence-corrected chi connectivity index (χ1v) is 6.83. The molecule has 0 bridgehead atoms. The second-order valence-corrected chi connectivity index (χ2v) is 5.51. The van der Waals surface area contributed by atoms with Crippen molar-refractivity contribution in [2.75, 3.05) is 20.3 Å². The lowest BCUT2D eigenvalue weighted by Gasteiger charge is -2.20. The van der Waals surface area contributed by atoms with E-state index in [1.807, 2.05) is 26.8 Å². The number of methoxy groups -OCH3 is 1. The minimum Gasteiger partial charge on any atom is -0.508 e. The Bertz CT molecular complexity index is 461. The zero-order chi connectivity index (χ0) is 14.8. The molecule has 1 heterocycles. The van der Waals surface area contributed by atoms with Gasteiger partial charge in [-0.25, -0.2) is 0 Å². The highest BCUT2D eigenvalue weighted by atomic mass is 16.7. The lowest BCUT2D eigenvalue weighted by molar-refractivity contribution is -0.137. The average molecular weight is 281 g/mol. The van der Waals surface area contributed by atoms with Gasteiger partial charge in [-0.15, -0.1) is 0 Å². The van der Waals surface area contributed by atoms with E-state index in [9.17, 15) is 5.11 Å². The number of nitrogens with one attached hydrogen (secondary N) is 1. The maximum Gasteiger partial charge on any atom is 0.163 e. The molecule has 2 unspecified atom stereocenters. The van der Waals surface area contributed by atoms with Crippen molar-refractivity contribution in [3.63, 3.8) is 0 Å². The fourth-order valence-electron chi connectivity index (χ4n) is 2.29. The van der Waals surface area contributed by atoms with Crippen LogP contribution < -0.4 is 10.1 Å². The number of phenolic OH excluding ortho intramolecular Hbond substituents is 1. The van der Waals surface area contributed by atoms with Crippen molar-refractivity contribution in [2.24, 2.45) is 0 Å². The van der Waals surface area contributed by atoms with Crippen LogP contribution >= 0.6 is 0 Å². The molecule has 2 rings (SSSR count). The van der Waals surface area contributed by atoms with Crippen molar-refractivity contribution in [2.45, 2.75) is 38.7 Å². The van der Waals surface area contributed by atoms with E-state index in [-0.39, 0.29) is 17.9 Å². The molecule has 5 nitrogen and oxygen atoms in total. The van der Waals surface area contributed by atoms with E-state index in [1.165, 1.54) is 0 Å². The van der Waals surface area contributed by atoms with E-state index >= 15 is 0 Å². The number of benzene rings is 1. The molecule has 2 N–H and O–H groups in total. The first kappa shape index (κ1) is 15.1. The Morgan fingerprint density at radius 2 is 2.25 bits per heavy atom.